The molecule has 84 valence electrons. The Morgan fingerprint density at radius 1 is 1.12 bits per heavy atom. The second kappa shape index (κ2) is 4.94. The van der Waals surface area contributed by atoms with Crippen LogP contribution < -0.4 is 0 Å². The molecule has 0 aromatic carbocycles. The summed E-state index contributed by atoms with van der Waals surface area (Å²) < 4.78 is 5.54. The number of rotatable bonds is 4. The van der Waals surface area contributed by atoms with Gasteiger partial charge >= 0.3 is 0 Å². The van der Waals surface area contributed by atoms with Gasteiger partial charge in [-0.15, -0.1) is 0 Å². The van der Waals surface area contributed by atoms with Gasteiger partial charge in [-0.3, -0.25) is 9.88 Å². The first-order chi connectivity index (χ1) is 7.74. The van der Waals surface area contributed by atoms with Gasteiger partial charge in [0.1, 0.15) is 11.5 Å². The van der Waals surface area contributed by atoms with Crippen LogP contribution in [-0.4, -0.2) is 16.9 Å². The number of aromatic nitrogens is 1. The van der Waals surface area contributed by atoms with E-state index < -0.39 is 0 Å². The zero-order chi connectivity index (χ0) is 11.4. The molecule has 3 heteroatoms. The van der Waals surface area contributed by atoms with E-state index in [0.717, 1.165) is 24.6 Å². The number of furan rings is 1. The number of pyridine rings is 1. The Bertz CT molecular complexity index is 436. The fourth-order valence-corrected chi connectivity index (χ4v) is 1.69. The molecule has 2 rings (SSSR count). The maximum absolute atomic E-state index is 5.54. The fraction of sp³-hybridized carbons (Fsp3) is 0.308. The molecule has 0 N–H and O–H groups in total. The van der Waals surface area contributed by atoms with Crippen molar-refractivity contribution < 1.29 is 4.42 Å². The van der Waals surface area contributed by atoms with Crippen molar-refractivity contribution in [1.82, 2.24) is 9.88 Å². The minimum atomic E-state index is 0.830. The summed E-state index contributed by atoms with van der Waals surface area (Å²) in [6.45, 7) is 3.70. The standard InChI is InChI=1S/C13H16N2O/c1-11-3-4-13(16-11)10-15(2)9-12-5-7-14-8-6-12/h3-8H,9-10H2,1-2H3. The van der Waals surface area contributed by atoms with Crippen molar-refractivity contribution in [2.75, 3.05) is 7.05 Å². The maximum atomic E-state index is 5.54. The molecule has 0 aliphatic rings. The SMILES string of the molecule is Cc1ccc(CN(C)Cc2ccncc2)o1. The summed E-state index contributed by atoms with van der Waals surface area (Å²) in [4.78, 5) is 6.22. The lowest BCUT2D eigenvalue weighted by molar-refractivity contribution is 0.285. The Morgan fingerprint density at radius 2 is 1.88 bits per heavy atom. The van der Waals surface area contributed by atoms with Crippen molar-refractivity contribution in [3.8, 4) is 0 Å². The van der Waals surface area contributed by atoms with Gasteiger partial charge in [-0.05, 0) is 43.8 Å². The first-order valence-corrected chi connectivity index (χ1v) is 5.37. The predicted octanol–water partition coefficient (Wildman–Crippen LogP) is 2.62. The van der Waals surface area contributed by atoms with Crippen molar-refractivity contribution in [3.05, 3.63) is 53.7 Å². The third-order valence-corrected chi connectivity index (χ3v) is 2.42. The first-order valence-electron chi connectivity index (χ1n) is 5.37. The number of nitrogens with zero attached hydrogens (tertiary/aromatic N) is 2. The molecule has 0 aliphatic heterocycles. The van der Waals surface area contributed by atoms with Crippen LogP contribution in [0, 0.1) is 6.92 Å². The summed E-state index contributed by atoms with van der Waals surface area (Å²) in [7, 11) is 2.08. The molecule has 0 radical (unpaired) electrons. The molecule has 0 amide bonds. The molecular formula is C13H16N2O. The summed E-state index contributed by atoms with van der Waals surface area (Å²) in [6.07, 6.45) is 3.64. The Kier molecular flexibility index (Phi) is 3.37. The van der Waals surface area contributed by atoms with Crippen LogP contribution in [0.3, 0.4) is 0 Å². The van der Waals surface area contributed by atoms with Gasteiger partial charge in [-0.1, -0.05) is 0 Å². The minimum absolute atomic E-state index is 0.830. The van der Waals surface area contributed by atoms with Crippen LogP contribution in [0.5, 0.6) is 0 Å². The average molecular weight is 216 g/mol. The Labute approximate surface area is 95.7 Å². The Morgan fingerprint density at radius 3 is 2.50 bits per heavy atom. The molecule has 0 unspecified atom stereocenters. The molecule has 0 spiro atoms. The summed E-state index contributed by atoms with van der Waals surface area (Å²) in [5.74, 6) is 1.97. The molecule has 0 bridgehead atoms. The zero-order valence-electron chi connectivity index (χ0n) is 9.68. The van der Waals surface area contributed by atoms with E-state index in [1.54, 1.807) is 0 Å². The monoisotopic (exact) mass is 216 g/mol. The molecule has 3 nitrogen and oxygen atoms in total. The van der Waals surface area contributed by atoms with Crippen molar-refractivity contribution in [3.63, 3.8) is 0 Å². The molecule has 2 aromatic rings. The molecule has 2 aromatic heterocycles. The Hall–Kier alpha value is -1.61. The topological polar surface area (TPSA) is 29.3 Å². The van der Waals surface area contributed by atoms with Gasteiger partial charge in [0.05, 0.1) is 6.54 Å². The lowest BCUT2D eigenvalue weighted by Gasteiger charge is -2.14. The molecular weight excluding hydrogens is 200 g/mol. The second-order valence-electron chi connectivity index (χ2n) is 4.04. The van der Waals surface area contributed by atoms with Gasteiger partial charge < -0.3 is 4.42 Å². The summed E-state index contributed by atoms with van der Waals surface area (Å²) >= 11 is 0. The molecule has 0 saturated heterocycles. The van der Waals surface area contributed by atoms with E-state index in [1.165, 1.54) is 5.56 Å². The summed E-state index contributed by atoms with van der Waals surface area (Å²) in [6, 6.07) is 8.09. The van der Waals surface area contributed by atoms with Crippen LogP contribution in [0.1, 0.15) is 17.1 Å². The van der Waals surface area contributed by atoms with Gasteiger partial charge in [0, 0.05) is 18.9 Å². The quantitative estimate of drug-likeness (QED) is 0.786. The van der Waals surface area contributed by atoms with Gasteiger partial charge in [0.25, 0.3) is 0 Å². The van der Waals surface area contributed by atoms with Crippen molar-refractivity contribution in [1.29, 1.82) is 0 Å². The van der Waals surface area contributed by atoms with Crippen LogP contribution in [0.15, 0.2) is 41.1 Å². The minimum Gasteiger partial charge on any atom is -0.465 e. The van der Waals surface area contributed by atoms with E-state index in [1.807, 2.05) is 43.6 Å². The smallest absolute Gasteiger partial charge is 0.118 e. The van der Waals surface area contributed by atoms with E-state index in [9.17, 15) is 0 Å². The molecule has 0 atom stereocenters. The largest absolute Gasteiger partial charge is 0.465 e. The Balaban J connectivity index is 1.92. The van der Waals surface area contributed by atoms with Crippen molar-refractivity contribution >= 4 is 0 Å². The lowest BCUT2D eigenvalue weighted by atomic mass is 10.2. The highest BCUT2D eigenvalue weighted by Crippen LogP contribution is 2.10. The fourth-order valence-electron chi connectivity index (χ4n) is 1.69. The molecule has 16 heavy (non-hydrogen) atoms. The number of hydrogen-bond donors (Lipinski definition) is 0. The molecule has 2 heterocycles. The van der Waals surface area contributed by atoms with Crippen LogP contribution in [0.4, 0.5) is 0 Å². The van der Waals surface area contributed by atoms with E-state index in [4.69, 9.17) is 4.42 Å². The maximum Gasteiger partial charge on any atom is 0.118 e. The van der Waals surface area contributed by atoms with Crippen molar-refractivity contribution in [2.45, 2.75) is 20.0 Å². The first kappa shape index (κ1) is 10.9. The molecule has 0 saturated carbocycles. The highest BCUT2D eigenvalue weighted by molar-refractivity contribution is 5.10. The van der Waals surface area contributed by atoms with Gasteiger partial charge in [-0.25, -0.2) is 0 Å². The molecule has 0 aliphatic carbocycles. The van der Waals surface area contributed by atoms with E-state index in [2.05, 4.69) is 16.9 Å². The highest BCUT2D eigenvalue weighted by atomic mass is 16.3. The van der Waals surface area contributed by atoms with Crippen LogP contribution in [0.25, 0.3) is 0 Å². The van der Waals surface area contributed by atoms with E-state index in [0.29, 0.717) is 0 Å². The van der Waals surface area contributed by atoms with Gasteiger partial charge in [0.15, 0.2) is 0 Å². The highest BCUT2D eigenvalue weighted by Gasteiger charge is 2.04. The van der Waals surface area contributed by atoms with Gasteiger partial charge in [-0.2, -0.15) is 0 Å². The normalized spacial score (nSPS) is 10.9. The van der Waals surface area contributed by atoms with E-state index >= 15 is 0 Å². The van der Waals surface area contributed by atoms with Crippen LogP contribution in [0.2, 0.25) is 0 Å². The van der Waals surface area contributed by atoms with Crippen LogP contribution in [-0.2, 0) is 13.1 Å². The van der Waals surface area contributed by atoms with E-state index in [-0.39, 0.29) is 0 Å². The predicted molar refractivity (Wildman–Crippen MR) is 62.9 cm³/mol. The van der Waals surface area contributed by atoms with Crippen molar-refractivity contribution in [2.24, 2.45) is 0 Å². The number of aryl methyl sites for hydroxylation is 1. The summed E-state index contributed by atoms with van der Waals surface area (Å²) in [5.41, 5.74) is 1.26. The zero-order valence-corrected chi connectivity index (χ0v) is 9.68. The van der Waals surface area contributed by atoms with Crippen LogP contribution >= 0.6 is 0 Å². The third kappa shape index (κ3) is 2.94. The average Bonchev–Trinajstić information content (AvgIpc) is 2.65. The van der Waals surface area contributed by atoms with Gasteiger partial charge in [0.2, 0.25) is 0 Å². The lowest BCUT2D eigenvalue weighted by Crippen LogP contribution is -2.16. The number of hydrogen-bond acceptors (Lipinski definition) is 3. The third-order valence-electron chi connectivity index (χ3n) is 2.42. The summed E-state index contributed by atoms with van der Waals surface area (Å²) in [5, 5.41) is 0. The second-order valence-corrected chi connectivity index (χ2v) is 4.04. The molecule has 0 fully saturated rings.